The van der Waals surface area contributed by atoms with Gasteiger partial charge in [0, 0.05) is 11.1 Å². The second-order valence-electron chi connectivity index (χ2n) is 3.82. The van der Waals surface area contributed by atoms with Crippen LogP contribution in [-0.4, -0.2) is 18.2 Å². The topological polar surface area (TPSA) is 46.5 Å². The fourth-order valence-electron chi connectivity index (χ4n) is 1.76. The molecule has 2 aromatic rings. The highest BCUT2D eigenvalue weighted by molar-refractivity contribution is 6.43. The van der Waals surface area contributed by atoms with Crippen molar-refractivity contribution < 1.29 is 14.6 Å². The summed E-state index contributed by atoms with van der Waals surface area (Å²) in [7, 11) is 1.51. The Morgan fingerprint density at radius 2 is 1.89 bits per heavy atom. The summed E-state index contributed by atoms with van der Waals surface area (Å²) >= 11 is 12.1. The van der Waals surface area contributed by atoms with Crippen LogP contribution < -0.4 is 4.74 Å². The van der Waals surface area contributed by atoms with E-state index in [2.05, 4.69) is 0 Å². The number of carboxylic acid groups (broad SMARTS) is 1. The number of aromatic carboxylic acids is 1. The van der Waals surface area contributed by atoms with Crippen LogP contribution in [-0.2, 0) is 0 Å². The van der Waals surface area contributed by atoms with Crippen molar-refractivity contribution in [3.8, 4) is 16.9 Å². The van der Waals surface area contributed by atoms with E-state index in [0.29, 0.717) is 26.9 Å². The molecule has 0 bridgehead atoms. The molecule has 0 spiro atoms. The van der Waals surface area contributed by atoms with Gasteiger partial charge in [-0.2, -0.15) is 0 Å². The van der Waals surface area contributed by atoms with E-state index in [4.69, 9.17) is 33.0 Å². The highest BCUT2D eigenvalue weighted by Crippen LogP contribution is 2.38. The van der Waals surface area contributed by atoms with Crippen LogP contribution in [0.25, 0.3) is 11.1 Å². The molecular formula is C14H10Cl2O3. The lowest BCUT2D eigenvalue weighted by Crippen LogP contribution is -1.98. The van der Waals surface area contributed by atoms with Gasteiger partial charge in [0.1, 0.15) is 5.75 Å². The normalized spacial score (nSPS) is 10.3. The molecule has 3 nitrogen and oxygen atoms in total. The summed E-state index contributed by atoms with van der Waals surface area (Å²) < 4.78 is 5.23. The second-order valence-corrected chi connectivity index (χ2v) is 4.61. The van der Waals surface area contributed by atoms with Crippen LogP contribution in [0.5, 0.6) is 5.75 Å². The highest BCUT2D eigenvalue weighted by Gasteiger charge is 2.14. The Bertz CT molecular complexity index is 639. The van der Waals surface area contributed by atoms with Gasteiger partial charge in [-0.3, -0.25) is 0 Å². The summed E-state index contributed by atoms with van der Waals surface area (Å²) in [6.07, 6.45) is 0. The molecule has 1 N–H and O–H groups in total. The fourth-order valence-corrected chi connectivity index (χ4v) is 2.17. The first-order chi connectivity index (χ1) is 9.04. The average molecular weight is 297 g/mol. The highest BCUT2D eigenvalue weighted by atomic mass is 35.5. The van der Waals surface area contributed by atoms with Crippen LogP contribution in [0.1, 0.15) is 10.4 Å². The zero-order valence-corrected chi connectivity index (χ0v) is 11.5. The van der Waals surface area contributed by atoms with E-state index in [9.17, 15) is 4.79 Å². The number of hydrogen-bond donors (Lipinski definition) is 1. The summed E-state index contributed by atoms with van der Waals surface area (Å²) in [6, 6.07) is 9.76. The zero-order chi connectivity index (χ0) is 14.0. The molecule has 5 heteroatoms. The molecule has 0 aliphatic heterocycles. The second kappa shape index (κ2) is 5.51. The van der Waals surface area contributed by atoms with Crippen LogP contribution in [0.2, 0.25) is 10.0 Å². The van der Waals surface area contributed by atoms with Crippen LogP contribution in [0.4, 0.5) is 0 Å². The molecule has 0 unspecified atom stereocenters. The molecule has 0 fully saturated rings. The average Bonchev–Trinajstić information content (AvgIpc) is 2.41. The van der Waals surface area contributed by atoms with Gasteiger partial charge < -0.3 is 9.84 Å². The Morgan fingerprint density at radius 1 is 1.16 bits per heavy atom. The zero-order valence-electron chi connectivity index (χ0n) is 9.98. The summed E-state index contributed by atoms with van der Waals surface area (Å²) in [5.74, 6) is -0.476. The molecule has 19 heavy (non-hydrogen) atoms. The van der Waals surface area contributed by atoms with Gasteiger partial charge in [-0.15, -0.1) is 0 Å². The lowest BCUT2D eigenvalue weighted by Gasteiger charge is -2.11. The standard InChI is InChI=1S/C14H10Cl2O3/c1-19-12-6-5-8(14(17)18)7-10(12)9-3-2-4-11(15)13(9)16/h2-7H,1H3,(H,17,18). The first-order valence-electron chi connectivity index (χ1n) is 5.40. The van der Waals surface area contributed by atoms with Gasteiger partial charge in [0.05, 0.1) is 22.7 Å². The van der Waals surface area contributed by atoms with Gasteiger partial charge in [0.2, 0.25) is 0 Å². The predicted molar refractivity (Wildman–Crippen MR) is 75.4 cm³/mol. The van der Waals surface area contributed by atoms with E-state index in [-0.39, 0.29) is 5.56 Å². The van der Waals surface area contributed by atoms with E-state index in [0.717, 1.165) is 0 Å². The van der Waals surface area contributed by atoms with Crippen molar-refractivity contribution in [2.24, 2.45) is 0 Å². The number of carbonyl (C=O) groups is 1. The number of rotatable bonds is 3. The lowest BCUT2D eigenvalue weighted by atomic mass is 10.0. The van der Waals surface area contributed by atoms with Gasteiger partial charge >= 0.3 is 5.97 Å². The summed E-state index contributed by atoms with van der Waals surface area (Å²) in [4.78, 5) is 11.0. The largest absolute Gasteiger partial charge is 0.496 e. The minimum atomic E-state index is -1.01. The molecule has 0 heterocycles. The maximum Gasteiger partial charge on any atom is 0.335 e. The molecule has 0 aliphatic rings. The van der Waals surface area contributed by atoms with Crippen molar-refractivity contribution in [1.29, 1.82) is 0 Å². The molecular weight excluding hydrogens is 287 g/mol. The molecule has 0 radical (unpaired) electrons. The molecule has 98 valence electrons. The molecule has 0 saturated heterocycles. The minimum Gasteiger partial charge on any atom is -0.496 e. The molecule has 0 atom stereocenters. The summed E-state index contributed by atoms with van der Waals surface area (Å²) in [5.41, 5.74) is 1.39. The third-order valence-electron chi connectivity index (χ3n) is 2.69. The maximum absolute atomic E-state index is 11.0. The molecule has 0 aliphatic carbocycles. The Morgan fingerprint density at radius 3 is 2.53 bits per heavy atom. The van der Waals surface area contributed by atoms with Crippen LogP contribution in [0.15, 0.2) is 36.4 Å². The number of benzene rings is 2. The first-order valence-corrected chi connectivity index (χ1v) is 6.16. The smallest absolute Gasteiger partial charge is 0.335 e. The van der Waals surface area contributed by atoms with Gasteiger partial charge in [0.25, 0.3) is 0 Å². The number of carboxylic acids is 1. The van der Waals surface area contributed by atoms with Crippen molar-refractivity contribution in [3.63, 3.8) is 0 Å². The molecule has 2 aromatic carbocycles. The lowest BCUT2D eigenvalue weighted by molar-refractivity contribution is 0.0697. The number of methoxy groups -OCH3 is 1. The van der Waals surface area contributed by atoms with Gasteiger partial charge in [0.15, 0.2) is 0 Å². The van der Waals surface area contributed by atoms with E-state index in [1.807, 2.05) is 0 Å². The summed E-state index contributed by atoms with van der Waals surface area (Å²) in [5, 5.41) is 9.81. The van der Waals surface area contributed by atoms with E-state index in [1.54, 1.807) is 24.3 Å². The van der Waals surface area contributed by atoms with Gasteiger partial charge in [-0.05, 0) is 24.3 Å². The van der Waals surface area contributed by atoms with Gasteiger partial charge in [-0.25, -0.2) is 4.79 Å². The third kappa shape index (κ3) is 2.67. The van der Waals surface area contributed by atoms with Crippen LogP contribution in [0.3, 0.4) is 0 Å². The van der Waals surface area contributed by atoms with Gasteiger partial charge in [-0.1, -0.05) is 35.3 Å². The first kappa shape index (κ1) is 13.7. The van der Waals surface area contributed by atoms with Crippen molar-refractivity contribution in [3.05, 3.63) is 52.0 Å². The maximum atomic E-state index is 11.0. The Kier molecular flexibility index (Phi) is 3.98. The minimum absolute atomic E-state index is 0.159. The van der Waals surface area contributed by atoms with Crippen molar-refractivity contribution in [2.45, 2.75) is 0 Å². The molecule has 2 rings (SSSR count). The Labute approximate surface area is 120 Å². The number of halogens is 2. The quantitative estimate of drug-likeness (QED) is 0.915. The van der Waals surface area contributed by atoms with E-state index >= 15 is 0 Å². The van der Waals surface area contributed by atoms with Crippen molar-refractivity contribution in [2.75, 3.05) is 7.11 Å². The summed E-state index contributed by atoms with van der Waals surface area (Å²) in [6.45, 7) is 0. The van der Waals surface area contributed by atoms with Crippen molar-refractivity contribution >= 4 is 29.2 Å². The molecule has 0 amide bonds. The number of ether oxygens (including phenoxy) is 1. The Hall–Kier alpha value is -1.71. The van der Waals surface area contributed by atoms with Crippen molar-refractivity contribution in [1.82, 2.24) is 0 Å². The van der Waals surface area contributed by atoms with E-state index in [1.165, 1.54) is 19.2 Å². The monoisotopic (exact) mass is 296 g/mol. The van der Waals surface area contributed by atoms with Crippen LogP contribution >= 0.6 is 23.2 Å². The fraction of sp³-hybridized carbons (Fsp3) is 0.0714. The van der Waals surface area contributed by atoms with E-state index < -0.39 is 5.97 Å². The predicted octanol–water partition coefficient (Wildman–Crippen LogP) is 4.37. The third-order valence-corrected chi connectivity index (χ3v) is 3.51. The number of hydrogen-bond acceptors (Lipinski definition) is 2. The van der Waals surface area contributed by atoms with Crippen LogP contribution in [0, 0.1) is 0 Å². The SMILES string of the molecule is COc1ccc(C(=O)O)cc1-c1cccc(Cl)c1Cl. The Balaban J connectivity index is 2.68. The molecule has 0 aromatic heterocycles. The molecule has 0 saturated carbocycles.